The van der Waals surface area contributed by atoms with E-state index in [-0.39, 0.29) is 10.6 Å². The molecule has 0 bridgehead atoms. The number of anilines is 1. The molecule has 0 radical (unpaired) electrons. The summed E-state index contributed by atoms with van der Waals surface area (Å²) in [4.78, 5) is 29.8. The molecular formula is C23H25N3O5S. The second-order valence-corrected chi connectivity index (χ2v) is 9.52. The van der Waals surface area contributed by atoms with Gasteiger partial charge in [-0.1, -0.05) is 31.2 Å². The molecule has 0 aliphatic carbocycles. The number of rotatable bonds is 7. The van der Waals surface area contributed by atoms with Gasteiger partial charge in [0.1, 0.15) is 0 Å². The van der Waals surface area contributed by atoms with Crippen molar-refractivity contribution >= 4 is 38.5 Å². The molecular weight excluding hydrogens is 430 g/mol. The minimum Gasteiger partial charge on any atom is -0.452 e. The molecule has 3 rings (SSSR count). The molecule has 0 fully saturated rings. The molecule has 0 spiro atoms. The third-order valence-electron chi connectivity index (χ3n) is 5.01. The largest absolute Gasteiger partial charge is 0.452 e. The predicted octanol–water partition coefficient (Wildman–Crippen LogP) is 3.15. The van der Waals surface area contributed by atoms with Crippen molar-refractivity contribution in [1.82, 2.24) is 9.29 Å². The van der Waals surface area contributed by atoms with E-state index in [1.54, 1.807) is 12.1 Å². The fourth-order valence-corrected chi connectivity index (χ4v) is 4.26. The fourth-order valence-electron chi connectivity index (χ4n) is 3.31. The summed E-state index contributed by atoms with van der Waals surface area (Å²) < 4.78 is 30.9. The van der Waals surface area contributed by atoms with Crippen LogP contribution in [0.15, 0.2) is 53.4 Å². The van der Waals surface area contributed by atoms with Crippen LogP contribution in [-0.4, -0.2) is 50.3 Å². The number of esters is 1. The molecule has 9 heteroatoms. The fraction of sp³-hybridized carbons (Fsp3) is 0.261. The van der Waals surface area contributed by atoms with Gasteiger partial charge in [-0.25, -0.2) is 17.5 Å². The lowest BCUT2D eigenvalue weighted by Gasteiger charge is -2.14. The summed E-state index contributed by atoms with van der Waals surface area (Å²) in [6, 6.07) is 13.1. The lowest BCUT2D eigenvalue weighted by molar-refractivity contribution is -0.119. The summed E-state index contributed by atoms with van der Waals surface area (Å²) in [5.74, 6) is -1.20. The van der Waals surface area contributed by atoms with Crippen molar-refractivity contribution in [3.63, 3.8) is 0 Å². The third-order valence-corrected chi connectivity index (χ3v) is 6.82. The first-order valence-corrected chi connectivity index (χ1v) is 11.5. The third kappa shape index (κ3) is 4.79. The number of para-hydroxylation sites is 1. The monoisotopic (exact) mass is 455 g/mol. The van der Waals surface area contributed by atoms with Gasteiger partial charge in [0.25, 0.3) is 5.91 Å². The van der Waals surface area contributed by atoms with Gasteiger partial charge in [0.15, 0.2) is 6.61 Å². The number of pyridine rings is 1. The molecule has 1 aromatic heterocycles. The minimum atomic E-state index is -3.64. The quantitative estimate of drug-likeness (QED) is 0.549. The van der Waals surface area contributed by atoms with E-state index in [0.717, 1.165) is 15.6 Å². The molecule has 0 saturated heterocycles. The van der Waals surface area contributed by atoms with E-state index in [1.807, 2.05) is 32.0 Å². The van der Waals surface area contributed by atoms with Gasteiger partial charge < -0.3 is 10.1 Å². The number of benzene rings is 2. The van der Waals surface area contributed by atoms with E-state index in [0.29, 0.717) is 22.9 Å². The normalized spacial score (nSPS) is 11.5. The van der Waals surface area contributed by atoms with Crippen LogP contribution in [0.25, 0.3) is 10.9 Å². The van der Waals surface area contributed by atoms with Crippen LogP contribution >= 0.6 is 0 Å². The molecule has 0 saturated carbocycles. The van der Waals surface area contributed by atoms with Gasteiger partial charge in [0.2, 0.25) is 10.0 Å². The number of ether oxygens (including phenoxy) is 1. The predicted molar refractivity (Wildman–Crippen MR) is 122 cm³/mol. The maximum atomic E-state index is 12.9. The standard InChI is InChI=1S/C23H25N3O5S/c1-5-19-15(2)22(18-11-6-7-12-20(18)25-19)23(28)31-14-21(27)24-16-9-8-10-17(13-16)32(29,30)26(3)4/h6-13H,5,14H2,1-4H3,(H,24,27). The number of sulfonamides is 1. The first kappa shape index (κ1) is 23.4. The molecule has 3 aromatic rings. The highest BCUT2D eigenvalue weighted by Crippen LogP contribution is 2.24. The Morgan fingerprint density at radius 1 is 1.09 bits per heavy atom. The van der Waals surface area contributed by atoms with Crippen molar-refractivity contribution in [1.29, 1.82) is 0 Å². The molecule has 2 aromatic carbocycles. The highest BCUT2D eigenvalue weighted by molar-refractivity contribution is 7.89. The average molecular weight is 456 g/mol. The van der Waals surface area contributed by atoms with Gasteiger partial charge in [-0.2, -0.15) is 0 Å². The topological polar surface area (TPSA) is 106 Å². The summed E-state index contributed by atoms with van der Waals surface area (Å²) in [5.41, 5.74) is 2.87. The Bertz CT molecular complexity index is 1290. The highest BCUT2D eigenvalue weighted by atomic mass is 32.2. The Hall–Kier alpha value is -3.30. The zero-order valence-corrected chi connectivity index (χ0v) is 19.2. The SMILES string of the molecule is CCc1nc2ccccc2c(C(=O)OCC(=O)Nc2cccc(S(=O)(=O)N(C)C)c2)c1C. The summed E-state index contributed by atoms with van der Waals surface area (Å²) in [7, 11) is -0.788. The van der Waals surface area contributed by atoms with Gasteiger partial charge in [-0.05, 0) is 43.2 Å². The maximum Gasteiger partial charge on any atom is 0.339 e. The Morgan fingerprint density at radius 2 is 1.81 bits per heavy atom. The molecule has 1 N–H and O–H groups in total. The van der Waals surface area contributed by atoms with Crippen molar-refractivity contribution < 1.29 is 22.7 Å². The number of nitrogens with zero attached hydrogens (tertiary/aromatic N) is 2. The van der Waals surface area contributed by atoms with E-state index >= 15 is 0 Å². The number of fused-ring (bicyclic) bond motifs is 1. The second kappa shape index (κ2) is 9.46. The zero-order valence-electron chi connectivity index (χ0n) is 18.4. The van der Waals surface area contributed by atoms with Crippen molar-refractivity contribution in [2.45, 2.75) is 25.2 Å². The number of amides is 1. The van der Waals surface area contributed by atoms with Gasteiger partial charge in [0.05, 0.1) is 16.0 Å². The number of carbonyl (C=O) groups is 2. The Morgan fingerprint density at radius 3 is 2.50 bits per heavy atom. The Balaban J connectivity index is 1.76. The van der Waals surface area contributed by atoms with E-state index in [2.05, 4.69) is 10.3 Å². The van der Waals surface area contributed by atoms with Gasteiger partial charge >= 0.3 is 5.97 Å². The number of hydrogen-bond acceptors (Lipinski definition) is 6. The van der Waals surface area contributed by atoms with Crippen LogP contribution in [0.1, 0.15) is 28.5 Å². The smallest absolute Gasteiger partial charge is 0.339 e. The van der Waals surface area contributed by atoms with Crippen LogP contribution in [0, 0.1) is 6.92 Å². The van der Waals surface area contributed by atoms with E-state index in [9.17, 15) is 18.0 Å². The number of aromatic nitrogens is 1. The van der Waals surface area contributed by atoms with Crippen LogP contribution in [0.3, 0.4) is 0 Å². The highest BCUT2D eigenvalue weighted by Gasteiger charge is 2.20. The number of hydrogen-bond donors (Lipinski definition) is 1. The van der Waals surface area contributed by atoms with Gasteiger partial charge in [-0.3, -0.25) is 9.78 Å². The van der Waals surface area contributed by atoms with E-state index < -0.39 is 28.5 Å². The first-order valence-electron chi connectivity index (χ1n) is 10.0. The molecule has 1 amide bonds. The summed E-state index contributed by atoms with van der Waals surface area (Å²) >= 11 is 0. The number of nitrogens with one attached hydrogen (secondary N) is 1. The Kier molecular flexibility index (Phi) is 6.90. The molecule has 0 atom stereocenters. The lowest BCUT2D eigenvalue weighted by Crippen LogP contribution is -2.23. The summed E-state index contributed by atoms with van der Waals surface area (Å²) in [6.07, 6.45) is 0.656. The average Bonchev–Trinajstić information content (AvgIpc) is 2.77. The van der Waals surface area contributed by atoms with Crippen molar-refractivity contribution in [3.8, 4) is 0 Å². The van der Waals surface area contributed by atoms with Crippen LogP contribution in [0.4, 0.5) is 5.69 Å². The summed E-state index contributed by atoms with van der Waals surface area (Å²) in [6.45, 7) is 3.25. The van der Waals surface area contributed by atoms with E-state index in [4.69, 9.17) is 4.74 Å². The maximum absolute atomic E-state index is 12.9. The van der Waals surface area contributed by atoms with Gasteiger partial charge in [0, 0.05) is 30.9 Å². The van der Waals surface area contributed by atoms with Crippen LogP contribution in [0.2, 0.25) is 0 Å². The molecule has 8 nitrogen and oxygen atoms in total. The Labute approximate surface area is 187 Å². The molecule has 1 heterocycles. The lowest BCUT2D eigenvalue weighted by atomic mass is 10.0. The molecule has 168 valence electrons. The van der Waals surface area contributed by atoms with E-state index in [1.165, 1.54) is 32.3 Å². The first-order chi connectivity index (χ1) is 15.1. The molecule has 32 heavy (non-hydrogen) atoms. The number of carbonyl (C=O) groups excluding carboxylic acids is 2. The van der Waals surface area contributed by atoms with Crippen molar-refractivity contribution in [2.24, 2.45) is 0 Å². The molecule has 0 aliphatic rings. The molecule has 0 unspecified atom stereocenters. The van der Waals surface area contributed by atoms with Crippen LogP contribution in [0.5, 0.6) is 0 Å². The van der Waals surface area contributed by atoms with Crippen molar-refractivity contribution in [3.05, 3.63) is 65.4 Å². The molecule has 0 aliphatic heterocycles. The second-order valence-electron chi connectivity index (χ2n) is 7.37. The summed E-state index contributed by atoms with van der Waals surface area (Å²) in [5, 5.41) is 3.22. The number of aryl methyl sites for hydroxylation is 1. The zero-order chi connectivity index (χ0) is 23.5. The van der Waals surface area contributed by atoms with Gasteiger partial charge in [-0.15, -0.1) is 0 Å². The van der Waals surface area contributed by atoms with Crippen LogP contribution in [-0.2, 0) is 26.0 Å². The minimum absolute atomic E-state index is 0.0447. The van der Waals surface area contributed by atoms with Crippen molar-refractivity contribution in [2.75, 3.05) is 26.0 Å². The van der Waals surface area contributed by atoms with Crippen LogP contribution < -0.4 is 5.32 Å².